The van der Waals surface area contributed by atoms with Crippen LogP contribution in [0.4, 0.5) is 4.39 Å². The van der Waals surface area contributed by atoms with Crippen molar-refractivity contribution in [3.63, 3.8) is 0 Å². The van der Waals surface area contributed by atoms with Crippen molar-refractivity contribution in [3.8, 4) is 0 Å². The molecule has 0 aliphatic heterocycles. The Bertz CT molecular complexity index is 960. The molecule has 0 amide bonds. The van der Waals surface area contributed by atoms with Gasteiger partial charge in [-0.15, -0.1) is 0 Å². The molecule has 2 N–H and O–H groups in total. The highest BCUT2D eigenvalue weighted by atomic mass is 35.5. The molecule has 8 atom stereocenters. The van der Waals surface area contributed by atoms with E-state index in [-0.39, 0.29) is 23.7 Å². The predicted molar refractivity (Wildman–Crippen MR) is 114 cm³/mol. The number of carbonyl (C=O) groups is 3. The first-order valence-electron chi connectivity index (χ1n) is 11.3. The number of hydrogen-bond acceptors (Lipinski definition) is 5. The van der Waals surface area contributed by atoms with Gasteiger partial charge in [-0.2, -0.15) is 0 Å². The standard InChI is InChI=1S/C24H30ClFO6/c1-5-18(29)32-24(20(30)31)12(2)10-15-13-6-7-14-19(25)16(27)8-9-21(14,3)23(13,26)17(28)11-22(15,24)4/h8-9,12-13,15,17,28H,5-7,10-11H2,1-4H3,(H,30,31)/t12-,13-,15-,17-,21-,22-,23-,24-/m0/s1. The summed E-state index contributed by atoms with van der Waals surface area (Å²) in [7, 11) is 0. The summed E-state index contributed by atoms with van der Waals surface area (Å²) < 4.78 is 22.8. The molecule has 0 bridgehead atoms. The van der Waals surface area contributed by atoms with E-state index in [9.17, 15) is 24.6 Å². The van der Waals surface area contributed by atoms with Crippen LogP contribution in [-0.4, -0.2) is 45.3 Å². The SMILES string of the molecule is CCC(=O)O[C@]1(C(=O)O)[C@@H](C)C[C@H]2[C@@H]3CCC4=C(Cl)C(=O)C=C[C@]4(C)[C@@]3(F)[C@@H](O)C[C@@]21C. The van der Waals surface area contributed by atoms with Gasteiger partial charge in [0.2, 0.25) is 5.60 Å². The van der Waals surface area contributed by atoms with Crippen LogP contribution in [0.5, 0.6) is 0 Å². The smallest absolute Gasteiger partial charge is 0.349 e. The molecule has 0 aromatic heterocycles. The molecule has 4 rings (SSSR count). The Morgan fingerprint density at radius 1 is 1.31 bits per heavy atom. The molecule has 0 aromatic rings. The maximum atomic E-state index is 17.2. The second kappa shape index (κ2) is 7.13. The Morgan fingerprint density at radius 3 is 2.56 bits per heavy atom. The molecule has 3 fully saturated rings. The lowest BCUT2D eigenvalue weighted by molar-refractivity contribution is -0.234. The maximum Gasteiger partial charge on any atom is 0.349 e. The van der Waals surface area contributed by atoms with Crippen molar-refractivity contribution >= 4 is 29.3 Å². The highest BCUT2D eigenvalue weighted by Gasteiger charge is 2.77. The van der Waals surface area contributed by atoms with Gasteiger partial charge < -0.3 is 14.9 Å². The van der Waals surface area contributed by atoms with Gasteiger partial charge in [0, 0.05) is 29.1 Å². The van der Waals surface area contributed by atoms with E-state index in [1.54, 1.807) is 27.7 Å². The molecule has 0 heterocycles. The number of allylic oxidation sites excluding steroid dienone is 4. The van der Waals surface area contributed by atoms with Crippen LogP contribution in [0.1, 0.15) is 59.8 Å². The Morgan fingerprint density at radius 2 is 1.97 bits per heavy atom. The fourth-order valence-corrected chi connectivity index (χ4v) is 7.93. The number of esters is 1. The molecule has 32 heavy (non-hydrogen) atoms. The Balaban J connectivity index is 1.86. The molecule has 0 spiro atoms. The molecule has 4 aliphatic rings. The quantitative estimate of drug-likeness (QED) is 0.608. The number of ketones is 1. The number of alkyl halides is 1. The first-order chi connectivity index (χ1) is 14.8. The topological polar surface area (TPSA) is 101 Å². The molecule has 4 aliphatic carbocycles. The zero-order valence-electron chi connectivity index (χ0n) is 18.8. The van der Waals surface area contributed by atoms with Crippen molar-refractivity contribution in [2.24, 2.45) is 28.6 Å². The zero-order valence-corrected chi connectivity index (χ0v) is 19.5. The lowest BCUT2D eigenvalue weighted by Crippen LogP contribution is -2.70. The fourth-order valence-electron chi connectivity index (χ4n) is 7.58. The number of carbonyl (C=O) groups excluding carboxylic acids is 2. The molecule has 0 aromatic carbocycles. The van der Waals surface area contributed by atoms with E-state index in [1.807, 2.05) is 0 Å². The molecular weight excluding hydrogens is 439 g/mol. The lowest BCUT2D eigenvalue weighted by Gasteiger charge is -2.62. The number of ether oxygens (including phenoxy) is 1. The van der Waals surface area contributed by atoms with E-state index >= 15 is 4.39 Å². The van der Waals surface area contributed by atoms with Crippen LogP contribution in [0.3, 0.4) is 0 Å². The Kier molecular flexibility index (Phi) is 5.22. The van der Waals surface area contributed by atoms with Gasteiger partial charge in [0.25, 0.3) is 0 Å². The van der Waals surface area contributed by atoms with Gasteiger partial charge >= 0.3 is 11.9 Å². The average Bonchev–Trinajstić information content (AvgIpc) is 2.94. The monoisotopic (exact) mass is 468 g/mol. The fraction of sp³-hybridized carbons (Fsp3) is 0.708. The van der Waals surface area contributed by atoms with E-state index in [2.05, 4.69) is 0 Å². The van der Waals surface area contributed by atoms with Crippen LogP contribution in [-0.2, 0) is 19.1 Å². The summed E-state index contributed by atoms with van der Waals surface area (Å²) in [6, 6.07) is 0. The van der Waals surface area contributed by atoms with Crippen LogP contribution in [0.2, 0.25) is 0 Å². The number of aliphatic hydroxyl groups is 1. The van der Waals surface area contributed by atoms with Crippen molar-refractivity contribution in [3.05, 3.63) is 22.8 Å². The molecule has 0 unspecified atom stereocenters. The van der Waals surface area contributed by atoms with Crippen LogP contribution in [0.25, 0.3) is 0 Å². The van der Waals surface area contributed by atoms with Crippen LogP contribution in [0, 0.1) is 28.6 Å². The van der Waals surface area contributed by atoms with Crippen molar-refractivity contribution in [1.82, 2.24) is 0 Å². The highest BCUT2D eigenvalue weighted by Crippen LogP contribution is 2.71. The van der Waals surface area contributed by atoms with Gasteiger partial charge in [0.05, 0.1) is 11.1 Å². The summed E-state index contributed by atoms with van der Waals surface area (Å²) in [6.45, 7) is 6.68. The summed E-state index contributed by atoms with van der Waals surface area (Å²) in [4.78, 5) is 37.1. The van der Waals surface area contributed by atoms with E-state index in [0.29, 0.717) is 24.8 Å². The second-order valence-electron chi connectivity index (χ2n) is 10.4. The largest absolute Gasteiger partial charge is 0.478 e. The van der Waals surface area contributed by atoms with Crippen LogP contribution >= 0.6 is 11.6 Å². The summed E-state index contributed by atoms with van der Waals surface area (Å²) in [5.41, 5.74) is -5.93. The van der Waals surface area contributed by atoms with Crippen LogP contribution < -0.4 is 0 Å². The van der Waals surface area contributed by atoms with Crippen molar-refractivity contribution in [1.29, 1.82) is 0 Å². The van der Waals surface area contributed by atoms with E-state index in [4.69, 9.17) is 16.3 Å². The van der Waals surface area contributed by atoms with E-state index < -0.39 is 57.9 Å². The average molecular weight is 469 g/mol. The van der Waals surface area contributed by atoms with Gasteiger partial charge in [0.15, 0.2) is 11.5 Å². The summed E-state index contributed by atoms with van der Waals surface area (Å²) in [5, 5.41) is 21.6. The van der Waals surface area contributed by atoms with Gasteiger partial charge in [-0.25, -0.2) is 9.18 Å². The zero-order chi connectivity index (χ0) is 23.9. The number of carboxylic acids is 1. The third kappa shape index (κ3) is 2.52. The minimum atomic E-state index is -2.13. The van der Waals surface area contributed by atoms with Crippen LogP contribution in [0.15, 0.2) is 22.8 Å². The van der Waals surface area contributed by atoms with Crippen molar-refractivity contribution in [2.75, 3.05) is 0 Å². The van der Waals surface area contributed by atoms with Gasteiger partial charge in [0.1, 0.15) is 0 Å². The minimum Gasteiger partial charge on any atom is -0.478 e. The van der Waals surface area contributed by atoms with Gasteiger partial charge in [-0.3, -0.25) is 9.59 Å². The normalized spacial score (nSPS) is 47.5. The second-order valence-corrected chi connectivity index (χ2v) is 10.7. The lowest BCUT2D eigenvalue weighted by atomic mass is 9.44. The number of carboxylic acid groups (broad SMARTS) is 1. The summed E-state index contributed by atoms with van der Waals surface area (Å²) in [5.74, 6) is -3.94. The summed E-state index contributed by atoms with van der Waals surface area (Å²) >= 11 is 6.29. The summed E-state index contributed by atoms with van der Waals surface area (Å²) in [6.07, 6.45) is 2.14. The highest BCUT2D eigenvalue weighted by molar-refractivity contribution is 6.45. The van der Waals surface area contributed by atoms with Crippen molar-refractivity contribution < 1.29 is 33.7 Å². The number of fused-ring (bicyclic) bond motifs is 5. The first-order valence-corrected chi connectivity index (χ1v) is 11.6. The van der Waals surface area contributed by atoms with E-state index in [1.165, 1.54) is 12.2 Å². The number of halogens is 2. The first kappa shape index (κ1) is 23.4. The van der Waals surface area contributed by atoms with Crippen molar-refractivity contribution in [2.45, 2.75) is 77.2 Å². The van der Waals surface area contributed by atoms with Gasteiger partial charge in [-0.05, 0) is 50.2 Å². The number of rotatable bonds is 3. The molecular formula is C24H30ClFO6. The molecule has 0 radical (unpaired) electrons. The molecule has 8 heteroatoms. The predicted octanol–water partition coefficient (Wildman–Crippen LogP) is 3.95. The Hall–Kier alpha value is -1.73. The molecule has 0 saturated heterocycles. The maximum absolute atomic E-state index is 17.2. The molecule has 176 valence electrons. The van der Waals surface area contributed by atoms with Gasteiger partial charge in [-0.1, -0.05) is 38.4 Å². The number of aliphatic hydroxyl groups excluding tert-OH is 1. The number of hydrogen-bond donors (Lipinski definition) is 2. The molecule has 3 saturated carbocycles. The minimum absolute atomic E-state index is 0.00237. The third-order valence-corrected chi connectivity index (χ3v) is 9.57. The van der Waals surface area contributed by atoms with E-state index in [0.717, 1.165) is 0 Å². The number of aliphatic carboxylic acids is 1. The molecule has 6 nitrogen and oxygen atoms in total. The Labute approximate surface area is 191 Å². The third-order valence-electron chi connectivity index (χ3n) is 9.15.